The second-order valence-corrected chi connectivity index (χ2v) is 9.21. The molecule has 4 heterocycles. The van der Waals surface area contributed by atoms with Gasteiger partial charge in [-0.15, -0.1) is 0 Å². The van der Waals surface area contributed by atoms with Crippen molar-refractivity contribution in [1.82, 2.24) is 25.3 Å². The van der Waals surface area contributed by atoms with E-state index in [1.165, 1.54) is 29.4 Å². The van der Waals surface area contributed by atoms with Crippen molar-refractivity contribution in [2.45, 2.75) is 31.7 Å². The van der Waals surface area contributed by atoms with Crippen LogP contribution in [0.4, 0.5) is 11.6 Å². The molecule has 1 unspecified atom stereocenters. The molecule has 1 aliphatic carbocycles. The van der Waals surface area contributed by atoms with Crippen molar-refractivity contribution in [2.75, 3.05) is 36.4 Å². The highest BCUT2D eigenvalue weighted by Crippen LogP contribution is 2.44. The number of hydrogen-bond acceptors (Lipinski definition) is 7. The first-order valence-corrected chi connectivity index (χ1v) is 12.2. The predicted octanol–water partition coefficient (Wildman–Crippen LogP) is 4.55. The number of hydrogen-bond donors (Lipinski definition) is 2. The number of rotatable bonds is 6. The minimum Gasteiger partial charge on any atom is -0.364 e. The number of pyridine rings is 2. The van der Waals surface area contributed by atoms with Crippen LogP contribution in [-0.4, -0.2) is 46.1 Å². The number of nitrogens with zero attached hydrogens (tertiary/aromatic N) is 5. The summed E-state index contributed by atoms with van der Waals surface area (Å²) < 4.78 is 0. The van der Waals surface area contributed by atoms with Crippen LogP contribution in [0.2, 0.25) is 0 Å². The molecule has 6 rings (SSSR count). The van der Waals surface area contributed by atoms with Crippen LogP contribution < -0.4 is 15.5 Å². The summed E-state index contributed by atoms with van der Waals surface area (Å²) in [6.45, 7) is 5.95. The topological polar surface area (TPSA) is 78.9 Å². The van der Waals surface area contributed by atoms with Crippen molar-refractivity contribution in [2.24, 2.45) is 0 Å². The second kappa shape index (κ2) is 8.99. The Labute approximate surface area is 199 Å². The van der Waals surface area contributed by atoms with Gasteiger partial charge < -0.3 is 15.5 Å². The van der Waals surface area contributed by atoms with Gasteiger partial charge in [-0.05, 0) is 48.9 Å². The average Bonchev–Trinajstić information content (AvgIpc) is 3.74. The van der Waals surface area contributed by atoms with Crippen LogP contribution >= 0.6 is 0 Å². The molecule has 7 nitrogen and oxygen atoms in total. The van der Waals surface area contributed by atoms with Crippen molar-refractivity contribution in [3.05, 3.63) is 72.2 Å². The molecular formula is C27H29N7. The van der Waals surface area contributed by atoms with Gasteiger partial charge in [0.05, 0.1) is 11.7 Å². The van der Waals surface area contributed by atoms with Gasteiger partial charge in [-0.25, -0.2) is 15.0 Å². The van der Waals surface area contributed by atoms with Gasteiger partial charge in [0.2, 0.25) is 0 Å². The Morgan fingerprint density at radius 1 is 1.03 bits per heavy atom. The van der Waals surface area contributed by atoms with E-state index < -0.39 is 0 Å². The van der Waals surface area contributed by atoms with Gasteiger partial charge in [-0.1, -0.05) is 30.3 Å². The van der Waals surface area contributed by atoms with Crippen molar-refractivity contribution in [3.63, 3.8) is 0 Å². The monoisotopic (exact) mass is 451 g/mol. The van der Waals surface area contributed by atoms with Gasteiger partial charge in [0.15, 0.2) is 5.82 Å². The molecule has 2 fully saturated rings. The van der Waals surface area contributed by atoms with Crippen molar-refractivity contribution in [1.29, 1.82) is 0 Å². The predicted molar refractivity (Wildman–Crippen MR) is 136 cm³/mol. The summed E-state index contributed by atoms with van der Waals surface area (Å²) in [4.78, 5) is 21.6. The summed E-state index contributed by atoms with van der Waals surface area (Å²) in [6.07, 6.45) is 8.18. The van der Waals surface area contributed by atoms with Crippen LogP contribution in [0.1, 0.15) is 42.9 Å². The summed E-state index contributed by atoms with van der Waals surface area (Å²) in [6, 6.07) is 14.6. The fourth-order valence-corrected chi connectivity index (χ4v) is 4.72. The van der Waals surface area contributed by atoms with Gasteiger partial charge in [-0.3, -0.25) is 4.98 Å². The Morgan fingerprint density at radius 2 is 1.85 bits per heavy atom. The number of fused-ring (bicyclic) bond motifs is 1. The summed E-state index contributed by atoms with van der Waals surface area (Å²) >= 11 is 0. The Morgan fingerprint density at radius 3 is 2.65 bits per heavy atom. The van der Waals surface area contributed by atoms with E-state index in [2.05, 4.69) is 56.7 Å². The zero-order valence-electron chi connectivity index (χ0n) is 19.4. The van der Waals surface area contributed by atoms with Crippen LogP contribution in [0.3, 0.4) is 0 Å². The summed E-state index contributed by atoms with van der Waals surface area (Å²) in [5.41, 5.74) is 4.39. The lowest BCUT2D eigenvalue weighted by molar-refractivity contribution is 0.586. The molecule has 1 aliphatic heterocycles. The third kappa shape index (κ3) is 4.19. The highest BCUT2D eigenvalue weighted by Gasteiger charge is 2.29. The third-order valence-corrected chi connectivity index (χ3v) is 6.73. The Balaban J connectivity index is 1.40. The molecule has 0 bridgehead atoms. The molecule has 2 N–H and O–H groups in total. The smallest absolute Gasteiger partial charge is 0.162 e. The maximum atomic E-state index is 5.15. The first-order valence-electron chi connectivity index (χ1n) is 12.2. The normalized spacial score (nSPS) is 17.0. The van der Waals surface area contributed by atoms with Crippen LogP contribution in [0.5, 0.6) is 0 Å². The van der Waals surface area contributed by atoms with Crippen molar-refractivity contribution >= 4 is 22.5 Å². The van der Waals surface area contributed by atoms with Gasteiger partial charge >= 0.3 is 0 Å². The molecule has 3 aromatic heterocycles. The molecule has 1 saturated heterocycles. The van der Waals surface area contributed by atoms with Crippen LogP contribution in [-0.2, 0) is 0 Å². The largest absolute Gasteiger partial charge is 0.364 e. The number of anilines is 2. The van der Waals surface area contributed by atoms with Gasteiger partial charge in [0, 0.05) is 55.6 Å². The first kappa shape index (κ1) is 21.0. The third-order valence-electron chi connectivity index (χ3n) is 6.73. The molecule has 34 heavy (non-hydrogen) atoms. The zero-order valence-corrected chi connectivity index (χ0v) is 19.4. The molecule has 1 aromatic carbocycles. The van der Waals surface area contributed by atoms with Crippen LogP contribution in [0.25, 0.3) is 22.3 Å². The molecule has 172 valence electrons. The number of aromatic nitrogens is 4. The number of piperazine rings is 1. The highest BCUT2D eigenvalue weighted by atomic mass is 15.2. The molecule has 4 aromatic rings. The summed E-state index contributed by atoms with van der Waals surface area (Å²) in [5, 5.41) is 8.15. The van der Waals surface area contributed by atoms with Crippen molar-refractivity contribution < 1.29 is 0 Å². The van der Waals surface area contributed by atoms with Gasteiger partial charge in [0.25, 0.3) is 0 Å². The molecule has 2 aliphatic rings. The SMILES string of the molecule is CC(Nc1cc(-c2nc(N3CCNCC3)c3c(C4CC4)cncc3n2)ccn1)c1ccccc1. The lowest BCUT2D eigenvalue weighted by Gasteiger charge is -2.30. The molecule has 0 amide bonds. The Hall–Kier alpha value is -3.58. The lowest BCUT2D eigenvalue weighted by atomic mass is 10.1. The van der Waals surface area contributed by atoms with E-state index in [4.69, 9.17) is 9.97 Å². The molecule has 1 saturated carbocycles. The van der Waals surface area contributed by atoms with Gasteiger partial charge in [-0.2, -0.15) is 0 Å². The van der Waals surface area contributed by atoms with E-state index in [9.17, 15) is 0 Å². The summed E-state index contributed by atoms with van der Waals surface area (Å²) in [5.74, 6) is 3.15. The molecule has 1 atom stereocenters. The van der Waals surface area contributed by atoms with E-state index >= 15 is 0 Å². The lowest BCUT2D eigenvalue weighted by Crippen LogP contribution is -2.44. The van der Waals surface area contributed by atoms with E-state index in [0.29, 0.717) is 11.7 Å². The van der Waals surface area contributed by atoms with Crippen molar-refractivity contribution in [3.8, 4) is 11.4 Å². The second-order valence-electron chi connectivity index (χ2n) is 9.21. The fraction of sp³-hybridized carbons (Fsp3) is 0.333. The van der Waals surface area contributed by atoms with Crippen LogP contribution in [0, 0.1) is 0 Å². The molecule has 0 radical (unpaired) electrons. The minimum atomic E-state index is 0.142. The van der Waals surface area contributed by atoms with E-state index in [0.717, 1.165) is 48.9 Å². The summed E-state index contributed by atoms with van der Waals surface area (Å²) in [7, 11) is 0. The molecular weight excluding hydrogens is 422 g/mol. The maximum Gasteiger partial charge on any atom is 0.162 e. The van der Waals surface area contributed by atoms with Crippen LogP contribution in [0.15, 0.2) is 61.1 Å². The van der Waals surface area contributed by atoms with E-state index in [-0.39, 0.29) is 6.04 Å². The minimum absolute atomic E-state index is 0.142. The highest BCUT2D eigenvalue weighted by molar-refractivity contribution is 5.94. The van der Waals surface area contributed by atoms with Gasteiger partial charge in [0.1, 0.15) is 11.6 Å². The quantitative estimate of drug-likeness (QED) is 0.445. The Bertz CT molecular complexity index is 1300. The van der Waals surface area contributed by atoms with E-state index in [1.54, 1.807) is 0 Å². The molecule has 7 heteroatoms. The zero-order chi connectivity index (χ0) is 22.9. The average molecular weight is 452 g/mol. The Kier molecular flexibility index (Phi) is 5.55. The molecule has 0 spiro atoms. The fourth-order valence-electron chi connectivity index (χ4n) is 4.72. The standard InChI is InChI=1S/C27H29N7/c1-18(19-5-3-2-4-6-19)31-24-15-21(9-10-30-24)26-32-23-17-29-16-22(20-7-8-20)25(23)27(33-26)34-13-11-28-12-14-34/h2-6,9-10,15-18,20,28H,7-8,11-14H2,1H3,(H,30,31). The number of benzene rings is 1. The number of nitrogens with one attached hydrogen (secondary N) is 2. The maximum absolute atomic E-state index is 5.15. The first-order chi connectivity index (χ1) is 16.8. The van der Waals surface area contributed by atoms with E-state index in [1.807, 2.05) is 36.8 Å².